The molecule has 1 aromatic rings. The number of rotatable bonds is 4. The molecule has 0 aromatic carbocycles. The van der Waals surface area contributed by atoms with Gasteiger partial charge in [-0.25, -0.2) is 4.98 Å². The molecule has 0 bridgehead atoms. The largest absolute Gasteiger partial charge is 0.338 e. The molecule has 3 nitrogen and oxygen atoms in total. The van der Waals surface area contributed by atoms with Gasteiger partial charge in [-0.15, -0.1) is 0 Å². The Morgan fingerprint density at radius 2 is 2.42 bits per heavy atom. The molecule has 1 heterocycles. The number of aromatic nitrogens is 2. The summed E-state index contributed by atoms with van der Waals surface area (Å²) in [5, 5.41) is 0. The summed E-state index contributed by atoms with van der Waals surface area (Å²) >= 11 is 0. The zero-order valence-corrected chi connectivity index (χ0v) is 7.83. The van der Waals surface area contributed by atoms with Crippen LogP contribution in [0.15, 0.2) is 12.4 Å². The van der Waals surface area contributed by atoms with Crippen molar-refractivity contribution in [2.24, 2.45) is 12.8 Å². The van der Waals surface area contributed by atoms with Gasteiger partial charge in [0.25, 0.3) is 0 Å². The first-order chi connectivity index (χ1) is 5.74. The molecule has 0 aliphatic rings. The van der Waals surface area contributed by atoms with Gasteiger partial charge in [0.2, 0.25) is 0 Å². The van der Waals surface area contributed by atoms with Gasteiger partial charge in [0, 0.05) is 31.9 Å². The molecule has 1 rings (SSSR count). The maximum absolute atomic E-state index is 5.80. The highest BCUT2D eigenvalue weighted by atomic mass is 15.0. The van der Waals surface area contributed by atoms with Crippen LogP contribution < -0.4 is 5.73 Å². The highest BCUT2D eigenvalue weighted by Gasteiger charge is 2.02. The van der Waals surface area contributed by atoms with E-state index in [9.17, 15) is 0 Å². The van der Waals surface area contributed by atoms with Gasteiger partial charge in [0.1, 0.15) is 5.82 Å². The predicted molar refractivity (Wildman–Crippen MR) is 49.8 cm³/mol. The Balaban J connectivity index is 2.38. The van der Waals surface area contributed by atoms with Crippen LogP contribution in [0.2, 0.25) is 0 Å². The monoisotopic (exact) mass is 167 g/mol. The summed E-state index contributed by atoms with van der Waals surface area (Å²) in [4.78, 5) is 4.23. The molecule has 0 saturated carbocycles. The smallest absolute Gasteiger partial charge is 0.108 e. The van der Waals surface area contributed by atoms with Crippen molar-refractivity contribution in [2.75, 3.05) is 0 Å². The average molecular weight is 167 g/mol. The molecule has 0 radical (unpaired) electrons. The van der Waals surface area contributed by atoms with Gasteiger partial charge in [-0.3, -0.25) is 0 Å². The van der Waals surface area contributed by atoms with Crippen LogP contribution in [0.3, 0.4) is 0 Å². The van der Waals surface area contributed by atoms with Crippen molar-refractivity contribution in [2.45, 2.75) is 32.2 Å². The molecule has 0 aliphatic carbocycles. The van der Waals surface area contributed by atoms with Crippen LogP contribution in [-0.2, 0) is 13.5 Å². The molecule has 3 heteroatoms. The van der Waals surface area contributed by atoms with Gasteiger partial charge in [-0.05, 0) is 12.8 Å². The quantitative estimate of drug-likeness (QED) is 0.729. The third-order valence-electron chi connectivity index (χ3n) is 2.18. The highest BCUT2D eigenvalue weighted by Crippen LogP contribution is 2.02. The standard InChI is InChI=1S/C9H17N3/c1-3-8(10)4-5-9-11-6-7-12(9)2/h6-8H,3-5,10H2,1-2H3. The van der Waals surface area contributed by atoms with E-state index < -0.39 is 0 Å². The summed E-state index contributed by atoms with van der Waals surface area (Å²) in [6, 6.07) is 0.321. The second kappa shape index (κ2) is 4.26. The number of aryl methyl sites for hydroxylation is 2. The molecule has 1 unspecified atom stereocenters. The molecule has 0 amide bonds. The van der Waals surface area contributed by atoms with Crippen LogP contribution in [0, 0.1) is 0 Å². The molecule has 1 aromatic heterocycles. The van der Waals surface area contributed by atoms with Gasteiger partial charge in [-0.2, -0.15) is 0 Å². The van der Waals surface area contributed by atoms with E-state index in [0.717, 1.165) is 25.1 Å². The Morgan fingerprint density at radius 1 is 1.67 bits per heavy atom. The first-order valence-corrected chi connectivity index (χ1v) is 4.45. The summed E-state index contributed by atoms with van der Waals surface area (Å²) in [7, 11) is 2.01. The number of imidazole rings is 1. The zero-order chi connectivity index (χ0) is 8.97. The fraction of sp³-hybridized carbons (Fsp3) is 0.667. The van der Waals surface area contributed by atoms with Crippen LogP contribution in [0.25, 0.3) is 0 Å². The fourth-order valence-electron chi connectivity index (χ4n) is 1.16. The Labute approximate surface area is 73.6 Å². The molecule has 0 fully saturated rings. The van der Waals surface area contributed by atoms with Crippen LogP contribution >= 0.6 is 0 Å². The number of hydrogen-bond donors (Lipinski definition) is 1. The van der Waals surface area contributed by atoms with E-state index in [1.54, 1.807) is 0 Å². The summed E-state index contributed by atoms with van der Waals surface area (Å²) in [5.74, 6) is 1.12. The van der Waals surface area contributed by atoms with Crippen molar-refractivity contribution in [1.82, 2.24) is 9.55 Å². The average Bonchev–Trinajstić information content (AvgIpc) is 2.47. The second-order valence-electron chi connectivity index (χ2n) is 3.16. The Hall–Kier alpha value is -0.830. The number of hydrogen-bond acceptors (Lipinski definition) is 2. The summed E-state index contributed by atoms with van der Waals surface area (Å²) in [6.07, 6.45) is 6.85. The van der Waals surface area contributed by atoms with E-state index in [0.29, 0.717) is 6.04 Å². The highest BCUT2D eigenvalue weighted by molar-refractivity contribution is 4.91. The normalized spacial score (nSPS) is 13.2. The molecule has 0 saturated heterocycles. The van der Waals surface area contributed by atoms with E-state index in [-0.39, 0.29) is 0 Å². The van der Waals surface area contributed by atoms with Gasteiger partial charge >= 0.3 is 0 Å². The van der Waals surface area contributed by atoms with Crippen molar-refractivity contribution < 1.29 is 0 Å². The molecule has 1 atom stereocenters. The van der Waals surface area contributed by atoms with Crippen LogP contribution in [0.5, 0.6) is 0 Å². The van der Waals surface area contributed by atoms with Gasteiger partial charge < -0.3 is 10.3 Å². The first kappa shape index (κ1) is 9.26. The third kappa shape index (κ3) is 2.34. The van der Waals surface area contributed by atoms with E-state index >= 15 is 0 Å². The molecule has 68 valence electrons. The van der Waals surface area contributed by atoms with E-state index in [2.05, 4.69) is 11.9 Å². The molecule has 0 aliphatic heterocycles. The minimum atomic E-state index is 0.321. The number of nitrogens with zero attached hydrogens (tertiary/aromatic N) is 2. The van der Waals surface area contributed by atoms with E-state index in [1.165, 1.54) is 0 Å². The maximum Gasteiger partial charge on any atom is 0.108 e. The van der Waals surface area contributed by atoms with E-state index in [4.69, 9.17) is 5.73 Å². The van der Waals surface area contributed by atoms with Crippen LogP contribution in [0.4, 0.5) is 0 Å². The van der Waals surface area contributed by atoms with Crippen molar-refractivity contribution in [1.29, 1.82) is 0 Å². The molecule has 0 spiro atoms. The lowest BCUT2D eigenvalue weighted by Crippen LogP contribution is -2.19. The Kier molecular flexibility index (Phi) is 3.29. The zero-order valence-electron chi connectivity index (χ0n) is 7.83. The molecule has 12 heavy (non-hydrogen) atoms. The maximum atomic E-state index is 5.80. The Morgan fingerprint density at radius 3 is 2.92 bits per heavy atom. The SMILES string of the molecule is CCC(N)CCc1nccn1C. The number of nitrogens with two attached hydrogens (primary N) is 1. The van der Waals surface area contributed by atoms with Crippen molar-refractivity contribution in [3.05, 3.63) is 18.2 Å². The predicted octanol–water partition coefficient (Wildman–Crippen LogP) is 1.09. The van der Waals surface area contributed by atoms with E-state index in [1.807, 2.05) is 24.0 Å². The minimum absolute atomic E-state index is 0.321. The minimum Gasteiger partial charge on any atom is -0.338 e. The fourth-order valence-corrected chi connectivity index (χ4v) is 1.16. The lowest BCUT2D eigenvalue weighted by Gasteiger charge is -2.07. The molecular formula is C9H17N3. The first-order valence-electron chi connectivity index (χ1n) is 4.45. The summed E-state index contributed by atoms with van der Waals surface area (Å²) < 4.78 is 2.04. The van der Waals surface area contributed by atoms with Gasteiger partial charge in [0.15, 0.2) is 0 Å². The summed E-state index contributed by atoms with van der Waals surface area (Å²) in [5.41, 5.74) is 5.80. The van der Waals surface area contributed by atoms with Crippen molar-refractivity contribution in [3.8, 4) is 0 Å². The van der Waals surface area contributed by atoms with Gasteiger partial charge in [0.05, 0.1) is 0 Å². The topological polar surface area (TPSA) is 43.8 Å². The molecule has 2 N–H and O–H groups in total. The Bertz CT molecular complexity index is 229. The van der Waals surface area contributed by atoms with Crippen LogP contribution in [0.1, 0.15) is 25.6 Å². The van der Waals surface area contributed by atoms with Crippen LogP contribution in [-0.4, -0.2) is 15.6 Å². The second-order valence-corrected chi connectivity index (χ2v) is 3.16. The molecular weight excluding hydrogens is 150 g/mol. The lowest BCUT2D eigenvalue weighted by molar-refractivity contribution is 0.577. The summed E-state index contributed by atoms with van der Waals surface area (Å²) in [6.45, 7) is 2.11. The van der Waals surface area contributed by atoms with Gasteiger partial charge in [-0.1, -0.05) is 6.92 Å². The van der Waals surface area contributed by atoms with Crippen molar-refractivity contribution in [3.63, 3.8) is 0 Å². The lowest BCUT2D eigenvalue weighted by atomic mass is 10.1. The van der Waals surface area contributed by atoms with Crippen molar-refractivity contribution >= 4 is 0 Å². The third-order valence-corrected chi connectivity index (χ3v) is 2.18.